The molecule has 0 rings (SSSR count). The summed E-state index contributed by atoms with van der Waals surface area (Å²) >= 11 is 0. The smallest absolute Gasteiger partial charge is 0.315 e. The van der Waals surface area contributed by atoms with Gasteiger partial charge in [0.25, 0.3) is 0 Å². The van der Waals surface area contributed by atoms with Gasteiger partial charge in [-0.2, -0.15) is 0 Å². The van der Waals surface area contributed by atoms with Crippen molar-refractivity contribution in [1.82, 2.24) is 10.6 Å². The molecule has 0 aromatic carbocycles. The fourth-order valence-corrected chi connectivity index (χ4v) is 1.14. The molecular formula is C9H20N2O2. The van der Waals surface area contributed by atoms with Crippen LogP contribution < -0.4 is 10.6 Å². The standard InChI is InChI=1S/C9H20N2O2/c1-4-6-8(7-13-3)11-9(12)10-5-2/h8H,4-7H2,1-3H3,(H2,10,11,12). The van der Waals surface area contributed by atoms with Crippen molar-refractivity contribution in [3.05, 3.63) is 0 Å². The van der Waals surface area contributed by atoms with Gasteiger partial charge in [-0.25, -0.2) is 4.79 Å². The Balaban J connectivity index is 3.71. The predicted octanol–water partition coefficient (Wildman–Crippen LogP) is 1.12. The average molecular weight is 188 g/mol. The number of carbonyl (C=O) groups excluding carboxylic acids is 1. The molecule has 0 aliphatic carbocycles. The van der Waals surface area contributed by atoms with Crippen LogP contribution in [0.3, 0.4) is 0 Å². The Morgan fingerprint density at radius 1 is 1.46 bits per heavy atom. The fourth-order valence-electron chi connectivity index (χ4n) is 1.14. The van der Waals surface area contributed by atoms with Gasteiger partial charge in [-0.3, -0.25) is 0 Å². The van der Waals surface area contributed by atoms with Crippen LogP contribution in [0.5, 0.6) is 0 Å². The van der Waals surface area contributed by atoms with Crippen molar-refractivity contribution in [2.75, 3.05) is 20.3 Å². The molecule has 0 bridgehead atoms. The van der Waals surface area contributed by atoms with Crippen LogP contribution in [-0.2, 0) is 4.74 Å². The molecule has 4 nitrogen and oxygen atoms in total. The number of urea groups is 1. The van der Waals surface area contributed by atoms with E-state index in [9.17, 15) is 4.79 Å². The van der Waals surface area contributed by atoms with Crippen LogP contribution in [0.1, 0.15) is 26.7 Å². The number of ether oxygens (including phenoxy) is 1. The van der Waals surface area contributed by atoms with Gasteiger partial charge in [0.1, 0.15) is 0 Å². The molecule has 0 aliphatic rings. The van der Waals surface area contributed by atoms with Crippen molar-refractivity contribution < 1.29 is 9.53 Å². The van der Waals surface area contributed by atoms with E-state index in [0.29, 0.717) is 13.2 Å². The highest BCUT2D eigenvalue weighted by atomic mass is 16.5. The third-order valence-corrected chi connectivity index (χ3v) is 1.68. The molecule has 0 aliphatic heterocycles. The first kappa shape index (κ1) is 12.2. The number of carbonyl (C=O) groups is 1. The van der Waals surface area contributed by atoms with Gasteiger partial charge < -0.3 is 15.4 Å². The highest BCUT2D eigenvalue weighted by Gasteiger charge is 2.09. The van der Waals surface area contributed by atoms with Crippen LogP contribution in [0.2, 0.25) is 0 Å². The van der Waals surface area contributed by atoms with E-state index in [1.165, 1.54) is 0 Å². The van der Waals surface area contributed by atoms with Crippen LogP contribution in [-0.4, -0.2) is 32.3 Å². The van der Waals surface area contributed by atoms with E-state index in [1.54, 1.807) is 7.11 Å². The number of hydrogen-bond acceptors (Lipinski definition) is 2. The van der Waals surface area contributed by atoms with Crippen molar-refractivity contribution in [1.29, 1.82) is 0 Å². The maximum atomic E-state index is 11.1. The van der Waals surface area contributed by atoms with Crippen molar-refractivity contribution in [3.8, 4) is 0 Å². The molecule has 0 radical (unpaired) electrons. The Hall–Kier alpha value is -0.770. The Morgan fingerprint density at radius 2 is 2.15 bits per heavy atom. The van der Waals surface area contributed by atoms with E-state index in [-0.39, 0.29) is 12.1 Å². The van der Waals surface area contributed by atoms with Crippen LogP contribution in [0.25, 0.3) is 0 Å². The molecule has 0 aromatic heterocycles. The number of rotatable bonds is 6. The highest BCUT2D eigenvalue weighted by molar-refractivity contribution is 5.74. The molecule has 1 atom stereocenters. The predicted molar refractivity (Wildman–Crippen MR) is 52.8 cm³/mol. The third kappa shape index (κ3) is 6.40. The molecule has 0 spiro atoms. The SMILES string of the molecule is CCCC(COC)NC(=O)NCC. The summed E-state index contributed by atoms with van der Waals surface area (Å²) in [6.07, 6.45) is 1.99. The van der Waals surface area contributed by atoms with Crippen LogP contribution in [0.15, 0.2) is 0 Å². The molecule has 13 heavy (non-hydrogen) atoms. The Kier molecular flexibility index (Phi) is 7.39. The van der Waals surface area contributed by atoms with E-state index in [2.05, 4.69) is 17.6 Å². The molecule has 78 valence electrons. The molecule has 2 amide bonds. The zero-order valence-corrected chi connectivity index (χ0v) is 8.72. The maximum Gasteiger partial charge on any atom is 0.315 e. The first-order valence-electron chi connectivity index (χ1n) is 4.77. The van der Waals surface area contributed by atoms with Gasteiger partial charge in [0, 0.05) is 13.7 Å². The van der Waals surface area contributed by atoms with E-state index in [1.807, 2.05) is 6.92 Å². The monoisotopic (exact) mass is 188 g/mol. The fraction of sp³-hybridized carbons (Fsp3) is 0.889. The number of methoxy groups -OCH3 is 1. The van der Waals surface area contributed by atoms with E-state index >= 15 is 0 Å². The van der Waals surface area contributed by atoms with Gasteiger partial charge in [0.15, 0.2) is 0 Å². The molecular weight excluding hydrogens is 168 g/mol. The lowest BCUT2D eigenvalue weighted by molar-refractivity contribution is 0.161. The molecule has 0 fully saturated rings. The van der Waals surface area contributed by atoms with Gasteiger partial charge >= 0.3 is 6.03 Å². The topological polar surface area (TPSA) is 50.4 Å². The van der Waals surface area contributed by atoms with Crippen molar-refractivity contribution >= 4 is 6.03 Å². The second-order valence-corrected chi connectivity index (χ2v) is 2.94. The Morgan fingerprint density at radius 3 is 2.62 bits per heavy atom. The van der Waals surface area contributed by atoms with Crippen LogP contribution in [0, 0.1) is 0 Å². The highest BCUT2D eigenvalue weighted by Crippen LogP contribution is 1.96. The van der Waals surface area contributed by atoms with Gasteiger partial charge in [0.05, 0.1) is 12.6 Å². The molecule has 0 heterocycles. The average Bonchev–Trinajstić information content (AvgIpc) is 2.05. The third-order valence-electron chi connectivity index (χ3n) is 1.68. The van der Waals surface area contributed by atoms with Gasteiger partial charge in [-0.05, 0) is 13.3 Å². The van der Waals surface area contributed by atoms with Gasteiger partial charge in [0.2, 0.25) is 0 Å². The summed E-state index contributed by atoms with van der Waals surface area (Å²) in [5.41, 5.74) is 0. The summed E-state index contributed by atoms with van der Waals surface area (Å²) in [7, 11) is 1.64. The first-order chi connectivity index (χ1) is 6.24. The maximum absolute atomic E-state index is 11.1. The number of hydrogen-bond donors (Lipinski definition) is 2. The Bertz CT molecular complexity index is 134. The largest absolute Gasteiger partial charge is 0.383 e. The lowest BCUT2D eigenvalue weighted by atomic mass is 10.2. The molecule has 4 heteroatoms. The Labute approximate surface area is 80.0 Å². The van der Waals surface area contributed by atoms with E-state index < -0.39 is 0 Å². The second-order valence-electron chi connectivity index (χ2n) is 2.94. The van der Waals surface area contributed by atoms with E-state index in [4.69, 9.17) is 4.74 Å². The van der Waals surface area contributed by atoms with E-state index in [0.717, 1.165) is 12.8 Å². The minimum absolute atomic E-state index is 0.113. The van der Waals surface area contributed by atoms with Gasteiger partial charge in [-0.15, -0.1) is 0 Å². The molecule has 0 saturated heterocycles. The summed E-state index contributed by atoms with van der Waals surface area (Å²) < 4.78 is 4.99. The summed E-state index contributed by atoms with van der Waals surface area (Å²) in [5, 5.41) is 5.53. The minimum atomic E-state index is -0.113. The summed E-state index contributed by atoms with van der Waals surface area (Å²) in [5.74, 6) is 0. The normalized spacial score (nSPS) is 12.2. The van der Waals surface area contributed by atoms with Gasteiger partial charge in [-0.1, -0.05) is 13.3 Å². The van der Waals surface area contributed by atoms with Crippen LogP contribution in [0.4, 0.5) is 4.79 Å². The number of nitrogens with one attached hydrogen (secondary N) is 2. The summed E-state index contributed by atoms with van der Waals surface area (Å²) in [4.78, 5) is 11.1. The molecule has 0 aromatic rings. The quantitative estimate of drug-likeness (QED) is 0.656. The van der Waals surface area contributed by atoms with Crippen LogP contribution >= 0.6 is 0 Å². The first-order valence-corrected chi connectivity index (χ1v) is 4.77. The number of amides is 2. The molecule has 0 saturated carbocycles. The zero-order valence-electron chi connectivity index (χ0n) is 8.72. The lowest BCUT2D eigenvalue weighted by Crippen LogP contribution is -2.43. The van der Waals surface area contributed by atoms with Crippen molar-refractivity contribution in [3.63, 3.8) is 0 Å². The van der Waals surface area contributed by atoms with Crippen molar-refractivity contribution in [2.24, 2.45) is 0 Å². The zero-order chi connectivity index (χ0) is 10.1. The lowest BCUT2D eigenvalue weighted by Gasteiger charge is -2.16. The minimum Gasteiger partial charge on any atom is -0.383 e. The molecule has 1 unspecified atom stereocenters. The van der Waals surface area contributed by atoms with Crippen molar-refractivity contribution in [2.45, 2.75) is 32.7 Å². The molecule has 2 N–H and O–H groups in total. The summed E-state index contributed by atoms with van der Waals surface area (Å²) in [6, 6.07) is 0.0135. The second kappa shape index (κ2) is 7.86. The summed E-state index contributed by atoms with van der Waals surface area (Å²) in [6.45, 7) is 5.20.